The summed E-state index contributed by atoms with van der Waals surface area (Å²) in [6, 6.07) is 5.38. The van der Waals surface area contributed by atoms with Crippen molar-refractivity contribution in [1.29, 1.82) is 0 Å². The Morgan fingerprint density at radius 1 is 1.16 bits per heavy atom. The molecule has 37 heavy (non-hydrogen) atoms. The number of aromatic nitrogens is 3. The molecule has 2 N–H and O–H groups in total. The Morgan fingerprint density at radius 3 is 2.57 bits per heavy atom. The molecule has 6 rings (SSSR count). The first kappa shape index (κ1) is 24.4. The maximum absolute atomic E-state index is 13.8. The Labute approximate surface area is 218 Å². The van der Waals surface area contributed by atoms with E-state index in [2.05, 4.69) is 27.6 Å². The monoisotopic (exact) mass is 506 g/mol. The van der Waals surface area contributed by atoms with E-state index in [9.17, 15) is 9.59 Å². The Bertz CT molecular complexity index is 1140. The molecule has 2 unspecified atom stereocenters. The lowest BCUT2D eigenvalue weighted by Gasteiger charge is -2.42. The van der Waals surface area contributed by atoms with Gasteiger partial charge in [0.1, 0.15) is 17.6 Å². The minimum Gasteiger partial charge on any atom is -0.377 e. The summed E-state index contributed by atoms with van der Waals surface area (Å²) in [6.07, 6.45) is 11.5. The summed E-state index contributed by atoms with van der Waals surface area (Å²) in [7, 11) is 1.74. The highest BCUT2D eigenvalue weighted by atomic mass is 16.5. The van der Waals surface area contributed by atoms with Gasteiger partial charge in [-0.3, -0.25) is 14.3 Å². The van der Waals surface area contributed by atoms with E-state index in [1.165, 1.54) is 19.3 Å². The Balaban J connectivity index is 1.20. The highest BCUT2D eigenvalue weighted by Crippen LogP contribution is 2.58. The molecule has 9 heteroatoms. The van der Waals surface area contributed by atoms with Gasteiger partial charge in [0.05, 0.1) is 31.1 Å². The third-order valence-electron chi connectivity index (χ3n) is 9.12. The number of nitrogens with one attached hydrogen (secondary N) is 2. The molecule has 0 spiro atoms. The molecule has 4 aliphatic rings. The van der Waals surface area contributed by atoms with Gasteiger partial charge in [-0.2, -0.15) is 5.10 Å². The van der Waals surface area contributed by atoms with Crippen LogP contribution in [0, 0.1) is 23.2 Å². The highest BCUT2D eigenvalue weighted by molar-refractivity contribution is 6.00. The first-order valence-corrected chi connectivity index (χ1v) is 13.8. The molecule has 1 saturated heterocycles. The number of morpholine rings is 1. The predicted octanol–water partition coefficient (Wildman–Crippen LogP) is 3.38. The zero-order valence-electron chi connectivity index (χ0n) is 21.9. The van der Waals surface area contributed by atoms with Gasteiger partial charge < -0.3 is 20.3 Å². The van der Waals surface area contributed by atoms with Crippen LogP contribution in [0.1, 0.15) is 62.4 Å². The molecule has 9 nitrogen and oxygen atoms in total. The van der Waals surface area contributed by atoms with Crippen LogP contribution >= 0.6 is 0 Å². The smallest absolute Gasteiger partial charge is 0.270 e. The van der Waals surface area contributed by atoms with Crippen molar-refractivity contribution < 1.29 is 14.3 Å². The lowest BCUT2D eigenvalue weighted by Crippen LogP contribution is -2.54. The second-order valence-electron chi connectivity index (χ2n) is 11.7. The first-order valence-electron chi connectivity index (χ1n) is 13.8. The fourth-order valence-electron chi connectivity index (χ4n) is 6.33. The zero-order valence-corrected chi connectivity index (χ0v) is 21.9. The summed E-state index contributed by atoms with van der Waals surface area (Å²) in [6.45, 7) is 4.57. The molecule has 0 bridgehead atoms. The fraction of sp³-hybridized carbons (Fsp3) is 0.643. The number of aryl methyl sites for hydroxylation is 1. The van der Waals surface area contributed by atoms with E-state index in [0.717, 1.165) is 44.7 Å². The topological polar surface area (TPSA) is 101 Å². The zero-order chi connectivity index (χ0) is 25.6. The van der Waals surface area contributed by atoms with E-state index >= 15 is 0 Å². The number of ether oxygens (including phenoxy) is 1. The molecule has 2 aromatic rings. The maximum atomic E-state index is 13.8. The Kier molecular flexibility index (Phi) is 6.42. The summed E-state index contributed by atoms with van der Waals surface area (Å²) in [5.41, 5.74) is 1.19. The minimum atomic E-state index is -0.613. The molecule has 2 amide bonds. The number of carbonyl (C=O) groups is 2. The lowest BCUT2D eigenvalue weighted by atomic mass is 9.66. The summed E-state index contributed by atoms with van der Waals surface area (Å²) in [4.78, 5) is 34.1. The molecule has 1 aliphatic heterocycles. The third kappa shape index (κ3) is 4.98. The van der Waals surface area contributed by atoms with Gasteiger partial charge in [-0.25, -0.2) is 4.98 Å². The minimum absolute atomic E-state index is 0.0864. The summed E-state index contributed by atoms with van der Waals surface area (Å²) in [5.74, 6) is 1.75. The van der Waals surface area contributed by atoms with Gasteiger partial charge in [-0.1, -0.05) is 26.2 Å². The van der Waals surface area contributed by atoms with Crippen LogP contribution in [0.5, 0.6) is 0 Å². The van der Waals surface area contributed by atoms with Crippen LogP contribution in [-0.4, -0.2) is 58.4 Å². The van der Waals surface area contributed by atoms with Crippen molar-refractivity contribution >= 4 is 23.3 Å². The van der Waals surface area contributed by atoms with Crippen LogP contribution in [0.4, 0.5) is 11.5 Å². The number of rotatable bonds is 9. The number of hydrogen-bond acceptors (Lipinski definition) is 6. The summed E-state index contributed by atoms with van der Waals surface area (Å²) < 4.78 is 7.27. The van der Waals surface area contributed by atoms with Gasteiger partial charge in [-0.15, -0.1) is 0 Å². The molecule has 198 valence electrons. The third-order valence-corrected chi connectivity index (χ3v) is 9.12. The molecule has 3 atom stereocenters. The first-order chi connectivity index (χ1) is 17.9. The average molecular weight is 507 g/mol. The van der Waals surface area contributed by atoms with E-state index in [1.807, 2.05) is 12.1 Å². The van der Waals surface area contributed by atoms with Crippen molar-refractivity contribution in [2.45, 2.75) is 64.0 Å². The van der Waals surface area contributed by atoms with Crippen molar-refractivity contribution in [2.24, 2.45) is 30.2 Å². The largest absolute Gasteiger partial charge is 0.377 e. The number of carbonyl (C=O) groups excluding carboxylic acids is 2. The molecule has 0 radical (unpaired) electrons. The van der Waals surface area contributed by atoms with Crippen LogP contribution in [0.2, 0.25) is 0 Å². The van der Waals surface area contributed by atoms with Gasteiger partial charge in [0, 0.05) is 19.8 Å². The Morgan fingerprint density at radius 2 is 1.97 bits per heavy atom. The van der Waals surface area contributed by atoms with Crippen molar-refractivity contribution in [2.75, 3.05) is 30.0 Å². The van der Waals surface area contributed by atoms with Crippen molar-refractivity contribution in [3.05, 3.63) is 36.3 Å². The SMILES string of the molecule is Cn1nccc1C(=O)N[C@H](C(=O)Nc1ccc(N2CCOCC2C2CC2)nc1)C(C1CCC1)C1(C)CC1. The summed E-state index contributed by atoms with van der Waals surface area (Å²) >= 11 is 0. The molecular formula is C28H38N6O3. The molecular weight excluding hydrogens is 468 g/mol. The van der Waals surface area contributed by atoms with Gasteiger partial charge in [0.15, 0.2) is 0 Å². The number of nitrogens with zero attached hydrogens (tertiary/aromatic N) is 4. The number of anilines is 2. The van der Waals surface area contributed by atoms with Crippen LogP contribution in [0.25, 0.3) is 0 Å². The van der Waals surface area contributed by atoms with Gasteiger partial charge in [0.25, 0.3) is 5.91 Å². The quantitative estimate of drug-likeness (QED) is 0.541. The molecule has 3 saturated carbocycles. The van der Waals surface area contributed by atoms with E-state index in [4.69, 9.17) is 9.72 Å². The van der Waals surface area contributed by atoms with E-state index in [1.54, 1.807) is 30.2 Å². The molecule has 2 aromatic heterocycles. The summed E-state index contributed by atoms with van der Waals surface area (Å²) in [5, 5.41) is 10.3. The van der Waals surface area contributed by atoms with Crippen LogP contribution in [-0.2, 0) is 16.6 Å². The number of pyridine rings is 1. The van der Waals surface area contributed by atoms with E-state index < -0.39 is 6.04 Å². The Hall–Kier alpha value is -2.94. The van der Waals surface area contributed by atoms with Crippen molar-refractivity contribution in [3.8, 4) is 0 Å². The molecule has 3 heterocycles. The van der Waals surface area contributed by atoms with Crippen LogP contribution < -0.4 is 15.5 Å². The van der Waals surface area contributed by atoms with E-state index in [-0.39, 0.29) is 23.1 Å². The van der Waals surface area contributed by atoms with E-state index in [0.29, 0.717) is 35.9 Å². The molecule has 0 aromatic carbocycles. The maximum Gasteiger partial charge on any atom is 0.270 e. The average Bonchev–Trinajstić information content (AvgIpc) is 3.80. The molecule has 3 aliphatic carbocycles. The second kappa shape index (κ2) is 9.74. The van der Waals surface area contributed by atoms with Crippen LogP contribution in [0.15, 0.2) is 30.6 Å². The highest BCUT2D eigenvalue weighted by Gasteiger charge is 2.54. The number of amides is 2. The van der Waals surface area contributed by atoms with Crippen molar-refractivity contribution in [1.82, 2.24) is 20.1 Å². The standard InChI is InChI=1S/C28H38N6O3/c1-28(11-12-28)24(19-4-3-5-19)25(32-26(35)21-10-13-30-33(21)2)27(36)31-20-8-9-23(29-16-20)34-14-15-37-17-22(34)18-6-7-18/h8-10,13,16,18-19,22,24-25H,3-7,11-12,14-15,17H2,1-2H3,(H,31,36)(H,32,35)/t22?,24?,25-/m0/s1. The van der Waals surface area contributed by atoms with Gasteiger partial charge in [-0.05, 0) is 67.1 Å². The predicted molar refractivity (Wildman–Crippen MR) is 140 cm³/mol. The van der Waals surface area contributed by atoms with Gasteiger partial charge in [0.2, 0.25) is 5.91 Å². The second-order valence-corrected chi connectivity index (χ2v) is 11.7. The number of hydrogen-bond donors (Lipinski definition) is 2. The normalized spacial score (nSPS) is 24.6. The van der Waals surface area contributed by atoms with Crippen LogP contribution in [0.3, 0.4) is 0 Å². The lowest BCUT2D eigenvalue weighted by molar-refractivity contribution is -0.121. The fourth-order valence-corrected chi connectivity index (χ4v) is 6.33. The van der Waals surface area contributed by atoms with Gasteiger partial charge >= 0.3 is 0 Å². The van der Waals surface area contributed by atoms with Crippen molar-refractivity contribution in [3.63, 3.8) is 0 Å². The molecule has 4 fully saturated rings.